The highest BCUT2D eigenvalue weighted by Crippen LogP contribution is 2.34. The minimum absolute atomic E-state index is 0.0738. The van der Waals surface area contributed by atoms with Crippen molar-refractivity contribution in [1.29, 1.82) is 0 Å². The average molecular weight is 549 g/mol. The van der Waals surface area contributed by atoms with Gasteiger partial charge < -0.3 is 14.0 Å². The van der Waals surface area contributed by atoms with Crippen molar-refractivity contribution in [3.8, 4) is 5.75 Å². The number of rotatable bonds is 5. The Morgan fingerprint density at radius 2 is 1.84 bits per heavy atom. The van der Waals surface area contributed by atoms with E-state index in [-0.39, 0.29) is 30.2 Å². The van der Waals surface area contributed by atoms with Crippen LogP contribution in [0.3, 0.4) is 0 Å². The normalized spacial score (nSPS) is 11.6. The van der Waals surface area contributed by atoms with Gasteiger partial charge in [0.15, 0.2) is 0 Å². The molecule has 3 aromatic rings. The lowest BCUT2D eigenvalue weighted by molar-refractivity contribution is -0.140. The molecule has 164 valence electrons. The molecule has 0 unspecified atom stereocenters. The number of benzene rings is 2. The standard InChI is InChI=1S/C21H16F4INO4/c1-3-30-20(29)19-18(26)14-9-13(31-11(2)28)5-7-17(14)27(19)10-12-4-6-15(16(22)8-12)21(23,24)25/h4-9H,3,10H2,1-2H3. The van der Waals surface area contributed by atoms with E-state index in [2.05, 4.69) is 0 Å². The molecule has 3 rings (SSSR count). The summed E-state index contributed by atoms with van der Waals surface area (Å²) < 4.78 is 64.9. The smallest absolute Gasteiger partial charge is 0.419 e. The number of carbonyl (C=O) groups is 2. The molecular formula is C21H16F4INO4. The fourth-order valence-corrected chi connectivity index (χ4v) is 4.10. The van der Waals surface area contributed by atoms with Crippen LogP contribution in [0, 0.1) is 9.39 Å². The zero-order chi connectivity index (χ0) is 22.9. The second kappa shape index (κ2) is 8.85. The van der Waals surface area contributed by atoms with Gasteiger partial charge in [-0.15, -0.1) is 0 Å². The lowest BCUT2D eigenvalue weighted by Gasteiger charge is -2.13. The maximum Gasteiger partial charge on any atom is 0.419 e. The number of nitrogens with zero attached hydrogens (tertiary/aromatic N) is 1. The number of aromatic nitrogens is 1. The molecule has 5 nitrogen and oxygen atoms in total. The van der Waals surface area contributed by atoms with E-state index >= 15 is 0 Å². The van der Waals surface area contributed by atoms with Gasteiger partial charge in [0.05, 0.1) is 21.3 Å². The molecule has 31 heavy (non-hydrogen) atoms. The Kier molecular flexibility index (Phi) is 6.58. The molecule has 0 amide bonds. The Morgan fingerprint density at radius 3 is 2.42 bits per heavy atom. The molecule has 0 N–H and O–H groups in total. The van der Waals surface area contributed by atoms with Crippen molar-refractivity contribution in [3.05, 3.63) is 62.6 Å². The van der Waals surface area contributed by atoms with E-state index in [9.17, 15) is 27.2 Å². The highest BCUT2D eigenvalue weighted by atomic mass is 127. The first-order valence-corrected chi connectivity index (χ1v) is 10.1. The number of alkyl halides is 3. The Balaban J connectivity index is 2.13. The number of hydrogen-bond donors (Lipinski definition) is 0. The fraction of sp³-hybridized carbons (Fsp3) is 0.238. The molecular weight excluding hydrogens is 533 g/mol. The SMILES string of the molecule is CCOC(=O)c1c(I)c2cc(OC(C)=O)ccc2n1Cc1ccc(C(F)(F)F)c(F)c1. The highest BCUT2D eigenvalue weighted by molar-refractivity contribution is 14.1. The number of esters is 2. The van der Waals surface area contributed by atoms with Crippen LogP contribution in [-0.2, 0) is 22.3 Å². The third-order valence-corrected chi connectivity index (χ3v) is 5.48. The Bertz CT molecular complexity index is 1170. The van der Waals surface area contributed by atoms with Gasteiger partial charge in [-0.25, -0.2) is 9.18 Å². The summed E-state index contributed by atoms with van der Waals surface area (Å²) in [6.07, 6.45) is -4.80. The molecule has 0 radical (unpaired) electrons. The van der Waals surface area contributed by atoms with Crippen LogP contribution in [0.2, 0.25) is 0 Å². The first kappa shape index (κ1) is 23.0. The summed E-state index contributed by atoms with van der Waals surface area (Å²) in [7, 11) is 0. The Morgan fingerprint density at radius 1 is 1.13 bits per heavy atom. The first-order valence-electron chi connectivity index (χ1n) is 9.05. The van der Waals surface area contributed by atoms with Crippen molar-refractivity contribution in [2.24, 2.45) is 0 Å². The molecule has 1 heterocycles. The van der Waals surface area contributed by atoms with Crippen LogP contribution in [0.1, 0.15) is 35.5 Å². The van der Waals surface area contributed by atoms with E-state index in [1.807, 2.05) is 22.6 Å². The number of halogens is 5. The summed E-state index contributed by atoms with van der Waals surface area (Å²) in [5, 5.41) is 0.579. The summed E-state index contributed by atoms with van der Waals surface area (Å²) in [5.41, 5.74) is -0.422. The lowest BCUT2D eigenvalue weighted by Crippen LogP contribution is -2.15. The average Bonchev–Trinajstić information content (AvgIpc) is 2.92. The quantitative estimate of drug-likeness (QED) is 0.181. The molecule has 0 fully saturated rings. The van der Waals surface area contributed by atoms with Crippen molar-refractivity contribution in [1.82, 2.24) is 4.57 Å². The molecule has 0 saturated carbocycles. The molecule has 0 aliphatic carbocycles. The maximum absolute atomic E-state index is 14.1. The van der Waals surface area contributed by atoms with Crippen LogP contribution in [-0.4, -0.2) is 23.1 Å². The van der Waals surface area contributed by atoms with E-state index < -0.39 is 29.5 Å². The lowest BCUT2D eigenvalue weighted by atomic mass is 10.1. The second-order valence-corrected chi connectivity index (χ2v) is 7.63. The van der Waals surface area contributed by atoms with Crippen molar-refractivity contribution in [3.63, 3.8) is 0 Å². The van der Waals surface area contributed by atoms with Crippen molar-refractivity contribution in [2.45, 2.75) is 26.6 Å². The molecule has 10 heteroatoms. The molecule has 0 bridgehead atoms. The van der Waals surface area contributed by atoms with E-state index in [0.29, 0.717) is 20.5 Å². The molecule has 0 atom stereocenters. The van der Waals surface area contributed by atoms with Crippen molar-refractivity contribution >= 4 is 45.4 Å². The fourth-order valence-electron chi connectivity index (χ4n) is 3.16. The maximum atomic E-state index is 14.1. The number of hydrogen-bond acceptors (Lipinski definition) is 4. The summed E-state index contributed by atoms with van der Waals surface area (Å²) in [6.45, 7) is 2.94. The van der Waals surface area contributed by atoms with E-state index in [1.165, 1.54) is 17.6 Å². The minimum atomic E-state index is -4.80. The van der Waals surface area contributed by atoms with Gasteiger partial charge in [0, 0.05) is 18.9 Å². The molecule has 0 saturated heterocycles. The molecule has 0 spiro atoms. The largest absolute Gasteiger partial charge is 0.461 e. The Hall–Kier alpha value is -2.63. The van der Waals surface area contributed by atoms with Gasteiger partial charge >= 0.3 is 18.1 Å². The third-order valence-electron chi connectivity index (χ3n) is 4.38. The molecule has 2 aromatic carbocycles. The van der Waals surface area contributed by atoms with Gasteiger partial charge in [-0.05, 0) is 65.4 Å². The van der Waals surface area contributed by atoms with E-state index in [4.69, 9.17) is 9.47 Å². The van der Waals surface area contributed by atoms with Crippen LogP contribution in [0.25, 0.3) is 10.9 Å². The zero-order valence-electron chi connectivity index (χ0n) is 16.3. The number of carbonyl (C=O) groups excluding carboxylic acids is 2. The van der Waals surface area contributed by atoms with E-state index in [1.54, 1.807) is 19.1 Å². The number of fused-ring (bicyclic) bond motifs is 1. The first-order chi connectivity index (χ1) is 14.5. The van der Waals surface area contributed by atoms with E-state index in [0.717, 1.165) is 12.1 Å². The number of ether oxygens (including phenoxy) is 2. The van der Waals surface area contributed by atoms with Crippen LogP contribution >= 0.6 is 22.6 Å². The van der Waals surface area contributed by atoms with Crippen LogP contribution in [0.4, 0.5) is 17.6 Å². The highest BCUT2D eigenvalue weighted by Gasteiger charge is 2.34. The van der Waals surface area contributed by atoms with Gasteiger partial charge in [-0.2, -0.15) is 13.2 Å². The van der Waals surface area contributed by atoms with Crippen LogP contribution in [0.15, 0.2) is 36.4 Å². The second-order valence-electron chi connectivity index (χ2n) is 6.55. The predicted molar refractivity (Wildman–Crippen MR) is 112 cm³/mol. The molecule has 1 aromatic heterocycles. The topological polar surface area (TPSA) is 57.5 Å². The third kappa shape index (κ3) is 4.83. The van der Waals surface area contributed by atoms with Crippen LogP contribution < -0.4 is 4.74 Å². The molecule has 0 aliphatic rings. The summed E-state index contributed by atoms with van der Waals surface area (Å²) in [4.78, 5) is 23.9. The Labute approximate surface area is 188 Å². The van der Waals surface area contributed by atoms with Gasteiger partial charge in [-0.1, -0.05) is 6.07 Å². The predicted octanol–water partition coefficient (Wildman–Crippen LogP) is 5.55. The minimum Gasteiger partial charge on any atom is -0.461 e. The summed E-state index contributed by atoms with van der Waals surface area (Å²) in [6, 6.07) is 7.34. The van der Waals surface area contributed by atoms with Gasteiger partial charge in [-0.3, -0.25) is 4.79 Å². The zero-order valence-corrected chi connectivity index (χ0v) is 18.5. The van der Waals surface area contributed by atoms with Crippen LogP contribution in [0.5, 0.6) is 5.75 Å². The van der Waals surface area contributed by atoms with Gasteiger partial charge in [0.2, 0.25) is 0 Å². The molecule has 0 aliphatic heterocycles. The summed E-state index contributed by atoms with van der Waals surface area (Å²) >= 11 is 1.94. The van der Waals surface area contributed by atoms with Gasteiger partial charge in [0.25, 0.3) is 0 Å². The van der Waals surface area contributed by atoms with Gasteiger partial charge in [0.1, 0.15) is 17.3 Å². The van der Waals surface area contributed by atoms with Crippen molar-refractivity contribution in [2.75, 3.05) is 6.61 Å². The summed E-state index contributed by atoms with van der Waals surface area (Å²) in [5.74, 6) is -2.28. The van der Waals surface area contributed by atoms with Crippen molar-refractivity contribution < 1.29 is 36.6 Å². The monoisotopic (exact) mass is 549 g/mol.